The molecule has 2 aromatic heterocycles. The van der Waals surface area contributed by atoms with Crippen molar-refractivity contribution in [3.8, 4) is 11.1 Å². The van der Waals surface area contributed by atoms with E-state index in [1.807, 2.05) is 5.38 Å². The third kappa shape index (κ3) is 3.20. The molecule has 1 aromatic carbocycles. The summed E-state index contributed by atoms with van der Waals surface area (Å²) in [7, 11) is 1.69. The van der Waals surface area contributed by atoms with Gasteiger partial charge in [-0.3, -0.25) is 4.79 Å². The Kier molecular flexibility index (Phi) is 4.69. The highest BCUT2D eigenvalue weighted by molar-refractivity contribution is 7.17. The number of rotatable bonds is 5. The Labute approximate surface area is 148 Å². The van der Waals surface area contributed by atoms with Gasteiger partial charge in [-0.25, -0.2) is 4.98 Å². The number of fused-ring (bicyclic) bond motifs is 1. The van der Waals surface area contributed by atoms with E-state index in [-0.39, 0.29) is 11.8 Å². The van der Waals surface area contributed by atoms with Gasteiger partial charge in [0.05, 0.1) is 5.39 Å². The van der Waals surface area contributed by atoms with Crippen LogP contribution in [0.4, 0.5) is 5.82 Å². The minimum Gasteiger partial charge on any atom is -0.480 e. The van der Waals surface area contributed by atoms with Gasteiger partial charge in [0.15, 0.2) is 0 Å². The molecule has 0 saturated carbocycles. The van der Waals surface area contributed by atoms with Gasteiger partial charge in [0.2, 0.25) is 5.28 Å². The van der Waals surface area contributed by atoms with E-state index in [1.54, 1.807) is 11.9 Å². The van der Waals surface area contributed by atoms with Crippen LogP contribution in [0.5, 0.6) is 0 Å². The Morgan fingerprint density at radius 2 is 2.00 bits per heavy atom. The Hall–Kier alpha value is -2.18. The van der Waals surface area contributed by atoms with Gasteiger partial charge in [0.1, 0.15) is 17.2 Å². The number of hydrogen-bond donors (Lipinski definition) is 1. The molecule has 0 aliphatic carbocycles. The molecule has 24 heavy (non-hydrogen) atoms. The average molecular weight is 362 g/mol. The van der Waals surface area contributed by atoms with E-state index >= 15 is 0 Å². The number of hydrogen-bond acceptors (Lipinski definition) is 5. The third-order valence-electron chi connectivity index (χ3n) is 3.79. The molecule has 0 radical (unpaired) electrons. The Bertz CT molecular complexity index is 893. The molecule has 0 amide bonds. The van der Waals surface area contributed by atoms with Crippen molar-refractivity contribution in [1.29, 1.82) is 0 Å². The number of aliphatic carboxylic acids is 1. The SMILES string of the molecule is CCc1ccc(-c2csc3nc(Cl)nc(N(C)CC(=O)O)c23)cc1. The normalized spacial score (nSPS) is 11.0. The average Bonchev–Trinajstić information content (AvgIpc) is 2.97. The highest BCUT2D eigenvalue weighted by atomic mass is 35.5. The molecule has 2 heterocycles. The predicted octanol–water partition coefficient (Wildman–Crippen LogP) is 4.09. The lowest BCUT2D eigenvalue weighted by Crippen LogP contribution is -2.26. The maximum Gasteiger partial charge on any atom is 0.323 e. The van der Waals surface area contributed by atoms with Crippen molar-refractivity contribution >= 4 is 44.9 Å². The molecule has 0 aliphatic heterocycles. The fourth-order valence-corrected chi connectivity index (χ4v) is 3.74. The van der Waals surface area contributed by atoms with Crippen LogP contribution in [-0.4, -0.2) is 34.6 Å². The number of halogens is 1. The topological polar surface area (TPSA) is 66.3 Å². The van der Waals surface area contributed by atoms with Crippen LogP contribution < -0.4 is 4.90 Å². The summed E-state index contributed by atoms with van der Waals surface area (Å²) in [5, 5.41) is 12.0. The highest BCUT2D eigenvalue weighted by Crippen LogP contribution is 2.38. The summed E-state index contributed by atoms with van der Waals surface area (Å²) in [6.45, 7) is 1.95. The monoisotopic (exact) mass is 361 g/mol. The molecule has 0 spiro atoms. The summed E-state index contributed by atoms with van der Waals surface area (Å²) in [5.41, 5.74) is 3.30. The molecule has 0 saturated heterocycles. The first-order valence-electron chi connectivity index (χ1n) is 7.46. The number of nitrogens with zero attached hydrogens (tertiary/aromatic N) is 3. The lowest BCUT2D eigenvalue weighted by atomic mass is 10.0. The van der Waals surface area contributed by atoms with Crippen LogP contribution >= 0.6 is 22.9 Å². The largest absolute Gasteiger partial charge is 0.480 e. The second kappa shape index (κ2) is 6.75. The van der Waals surface area contributed by atoms with Gasteiger partial charge in [-0.15, -0.1) is 11.3 Å². The van der Waals surface area contributed by atoms with Crippen LogP contribution in [0, 0.1) is 0 Å². The van der Waals surface area contributed by atoms with Crippen LogP contribution in [0.3, 0.4) is 0 Å². The number of carbonyl (C=O) groups is 1. The first-order chi connectivity index (χ1) is 11.5. The molecule has 124 valence electrons. The molecule has 0 fully saturated rings. The summed E-state index contributed by atoms with van der Waals surface area (Å²) in [4.78, 5) is 21.9. The number of likely N-dealkylation sites (N-methyl/N-ethyl adjacent to an activating group) is 1. The maximum atomic E-state index is 11.1. The Morgan fingerprint density at radius 1 is 1.29 bits per heavy atom. The summed E-state index contributed by atoms with van der Waals surface area (Å²) in [5.74, 6) is -0.396. The zero-order valence-corrected chi connectivity index (χ0v) is 14.9. The maximum absolute atomic E-state index is 11.1. The predicted molar refractivity (Wildman–Crippen MR) is 98.1 cm³/mol. The fourth-order valence-electron chi connectivity index (χ4n) is 2.58. The lowest BCUT2D eigenvalue weighted by molar-refractivity contribution is -0.135. The third-order valence-corrected chi connectivity index (χ3v) is 4.84. The van der Waals surface area contributed by atoms with Crippen molar-refractivity contribution in [2.45, 2.75) is 13.3 Å². The van der Waals surface area contributed by atoms with Gasteiger partial charge in [-0.1, -0.05) is 31.2 Å². The molecule has 1 N–H and O–H groups in total. The van der Waals surface area contributed by atoms with Crippen molar-refractivity contribution in [3.63, 3.8) is 0 Å². The van der Waals surface area contributed by atoms with Crippen molar-refractivity contribution in [2.75, 3.05) is 18.5 Å². The van der Waals surface area contributed by atoms with Crippen molar-refractivity contribution in [2.24, 2.45) is 0 Å². The van der Waals surface area contributed by atoms with E-state index in [0.717, 1.165) is 27.8 Å². The highest BCUT2D eigenvalue weighted by Gasteiger charge is 2.18. The molecular weight excluding hydrogens is 346 g/mol. The zero-order valence-electron chi connectivity index (χ0n) is 13.3. The summed E-state index contributed by atoms with van der Waals surface area (Å²) < 4.78 is 0. The smallest absolute Gasteiger partial charge is 0.323 e. The van der Waals surface area contributed by atoms with Crippen LogP contribution in [0.15, 0.2) is 29.6 Å². The van der Waals surface area contributed by atoms with Crippen molar-refractivity contribution in [3.05, 3.63) is 40.5 Å². The quantitative estimate of drug-likeness (QED) is 0.693. The molecule has 0 unspecified atom stereocenters. The Morgan fingerprint density at radius 3 is 2.62 bits per heavy atom. The Balaban J connectivity index is 2.16. The van der Waals surface area contributed by atoms with Gasteiger partial charge in [0.25, 0.3) is 0 Å². The molecule has 5 nitrogen and oxygen atoms in total. The van der Waals surface area contributed by atoms with Crippen LogP contribution in [-0.2, 0) is 11.2 Å². The van der Waals surface area contributed by atoms with Crippen molar-refractivity contribution < 1.29 is 9.90 Å². The molecule has 7 heteroatoms. The van der Waals surface area contributed by atoms with E-state index in [9.17, 15) is 4.79 Å². The van der Waals surface area contributed by atoms with E-state index in [0.29, 0.717) is 5.82 Å². The number of benzene rings is 1. The second-order valence-electron chi connectivity index (χ2n) is 5.45. The first-order valence-corrected chi connectivity index (χ1v) is 8.72. The number of carboxylic acids is 1. The van der Waals surface area contributed by atoms with E-state index in [2.05, 4.69) is 41.2 Å². The minimum atomic E-state index is -0.926. The fraction of sp³-hybridized carbons (Fsp3) is 0.235. The number of carboxylic acid groups (broad SMARTS) is 1. The van der Waals surface area contributed by atoms with Gasteiger partial charge >= 0.3 is 5.97 Å². The number of aromatic nitrogens is 2. The molecule has 0 atom stereocenters. The van der Waals surface area contributed by atoms with E-state index < -0.39 is 5.97 Å². The van der Waals surface area contributed by atoms with Gasteiger partial charge in [0, 0.05) is 18.0 Å². The zero-order chi connectivity index (χ0) is 17.3. The molecule has 0 aliphatic rings. The number of thiophene rings is 1. The molecule has 3 aromatic rings. The molecule has 0 bridgehead atoms. The lowest BCUT2D eigenvalue weighted by Gasteiger charge is -2.17. The van der Waals surface area contributed by atoms with E-state index in [4.69, 9.17) is 16.7 Å². The summed E-state index contributed by atoms with van der Waals surface area (Å²) in [6, 6.07) is 8.32. The summed E-state index contributed by atoms with van der Waals surface area (Å²) in [6.07, 6.45) is 0.982. The van der Waals surface area contributed by atoms with Crippen LogP contribution in [0.2, 0.25) is 5.28 Å². The van der Waals surface area contributed by atoms with E-state index in [1.165, 1.54) is 16.9 Å². The summed E-state index contributed by atoms with van der Waals surface area (Å²) >= 11 is 7.48. The van der Waals surface area contributed by atoms with Crippen LogP contribution in [0.1, 0.15) is 12.5 Å². The second-order valence-corrected chi connectivity index (χ2v) is 6.64. The van der Waals surface area contributed by atoms with Gasteiger partial charge in [-0.05, 0) is 29.1 Å². The minimum absolute atomic E-state index is 0.115. The van der Waals surface area contributed by atoms with Gasteiger partial charge < -0.3 is 10.0 Å². The molecule has 3 rings (SSSR count). The number of anilines is 1. The van der Waals surface area contributed by atoms with Crippen LogP contribution in [0.25, 0.3) is 21.3 Å². The van der Waals surface area contributed by atoms with Gasteiger partial charge in [-0.2, -0.15) is 4.98 Å². The van der Waals surface area contributed by atoms with Crippen molar-refractivity contribution in [1.82, 2.24) is 9.97 Å². The number of aryl methyl sites for hydroxylation is 1. The first kappa shape index (κ1) is 16.7. The molecular formula is C17H16ClN3O2S. The standard InChI is InChI=1S/C17H16ClN3O2S/c1-3-10-4-6-11(7-5-10)12-9-24-16-14(12)15(19-17(18)20-16)21(2)8-13(22)23/h4-7,9H,3,8H2,1-2H3,(H,22,23).